The van der Waals surface area contributed by atoms with E-state index in [0.29, 0.717) is 24.0 Å². The van der Waals surface area contributed by atoms with Gasteiger partial charge in [0.25, 0.3) is 0 Å². The second-order valence-electron chi connectivity index (χ2n) is 19.3. The molecule has 18 heteroatoms. The molecule has 0 spiro atoms. The molecule has 0 fully saturated rings. The third-order valence-corrected chi connectivity index (χ3v) is 14.3. The Morgan fingerprint density at radius 3 is 1.76 bits per heavy atom. The minimum absolute atomic E-state index is 0.445. The van der Waals surface area contributed by atoms with Crippen molar-refractivity contribution in [1.29, 1.82) is 0 Å². The zero-order chi connectivity index (χ0) is 53.1. The van der Waals surface area contributed by atoms with Gasteiger partial charge in [-0.2, -0.15) is 15.3 Å². The van der Waals surface area contributed by atoms with Crippen LogP contribution < -0.4 is 16.0 Å². The van der Waals surface area contributed by atoms with Crippen LogP contribution in [0.3, 0.4) is 0 Å². The number of anilines is 6. The molecule has 3 aromatic carbocycles. The Morgan fingerprint density at radius 1 is 0.438 bits per heavy atom. The number of aromatic amines is 1. The predicted octanol–water partition coefficient (Wildman–Crippen LogP) is 12.8. The van der Waals surface area contributed by atoms with Crippen LogP contribution >= 0.6 is 0 Å². The van der Waals surface area contributed by atoms with Gasteiger partial charge < -0.3 is 16.0 Å². The highest BCUT2D eigenvalue weighted by Gasteiger charge is 2.18. The van der Waals surface area contributed by atoms with Crippen molar-refractivity contribution >= 4 is 99.9 Å². The van der Waals surface area contributed by atoms with Gasteiger partial charge in [0.2, 0.25) is 0 Å². The van der Waals surface area contributed by atoms with Gasteiger partial charge in [-0.25, -0.2) is 15.0 Å². The van der Waals surface area contributed by atoms with E-state index in [4.69, 9.17) is 40.0 Å². The molecule has 0 aliphatic rings. The quantitative estimate of drug-likeness (QED) is 0.0895. The fourth-order valence-electron chi connectivity index (χ4n) is 10.3. The van der Waals surface area contributed by atoms with Gasteiger partial charge in [-0.1, -0.05) is 0 Å². The molecule has 0 amide bonds. The molecule has 380 valence electrons. The van der Waals surface area contributed by atoms with Crippen molar-refractivity contribution in [3.05, 3.63) is 207 Å². The summed E-state index contributed by atoms with van der Waals surface area (Å²) in [6.45, 7) is 0.445. The number of aromatic nitrogens is 15. The predicted molar refractivity (Wildman–Crippen MR) is 313 cm³/mol. The highest BCUT2D eigenvalue weighted by molar-refractivity contribution is 6.01. The van der Waals surface area contributed by atoms with E-state index in [1.54, 1.807) is 37.2 Å². The number of rotatable bonds is 12. The molecule has 0 aliphatic heterocycles. The lowest BCUT2D eigenvalue weighted by Crippen LogP contribution is -2.04. The number of pyridine rings is 9. The molecule has 0 saturated heterocycles. The molecule has 18 nitrogen and oxygen atoms in total. The van der Waals surface area contributed by atoms with Crippen LogP contribution in [0, 0.1) is 0 Å². The second-order valence-corrected chi connectivity index (χ2v) is 19.3. The number of hydrogen-bond acceptors (Lipinski definition) is 15. The topological polar surface area (TPSA) is 216 Å². The number of nitrogens with zero attached hydrogens (tertiary/aromatic N) is 14. The average Bonchev–Trinajstić information content (AvgIpc) is 4.27. The molecule has 0 bridgehead atoms. The van der Waals surface area contributed by atoms with Crippen LogP contribution in [0.15, 0.2) is 201 Å². The van der Waals surface area contributed by atoms with Crippen molar-refractivity contribution in [2.45, 2.75) is 6.54 Å². The molecule has 0 aliphatic carbocycles. The van der Waals surface area contributed by atoms with Crippen LogP contribution in [-0.4, -0.2) is 74.6 Å². The van der Waals surface area contributed by atoms with E-state index in [0.717, 1.165) is 133 Å². The summed E-state index contributed by atoms with van der Waals surface area (Å²) >= 11 is 0. The minimum atomic E-state index is 0.445. The lowest BCUT2D eigenvalue weighted by atomic mass is 10.0. The smallest absolute Gasteiger partial charge is 0.140 e. The van der Waals surface area contributed by atoms with Gasteiger partial charge in [0.05, 0.1) is 92.4 Å². The van der Waals surface area contributed by atoms with E-state index in [2.05, 4.69) is 83.7 Å². The summed E-state index contributed by atoms with van der Waals surface area (Å²) in [5.41, 5.74) is 15.2. The summed E-state index contributed by atoms with van der Waals surface area (Å²) in [4.78, 5) is 43.5. The summed E-state index contributed by atoms with van der Waals surface area (Å²) in [7, 11) is 1.94. The van der Waals surface area contributed by atoms with Crippen LogP contribution in [0.2, 0.25) is 0 Å². The molecule has 12 aromatic heterocycles. The third-order valence-electron chi connectivity index (χ3n) is 14.3. The molecule has 80 heavy (non-hydrogen) atoms. The normalized spacial score (nSPS) is 11.6. The molecule has 15 aromatic rings. The zero-order valence-electron chi connectivity index (χ0n) is 42.5. The van der Waals surface area contributed by atoms with Crippen molar-refractivity contribution in [2.24, 2.45) is 7.05 Å². The van der Waals surface area contributed by atoms with E-state index >= 15 is 0 Å². The van der Waals surface area contributed by atoms with Gasteiger partial charge >= 0.3 is 0 Å². The number of H-pyrrole nitrogens is 1. The molecule has 0 unspecified atom stereocenters. The van der Waals surface area contributed by atoms with E-state index in [1.807, 2.05) is 138 Å². The molecule has 12 heterocycles. The second kappa shape index (κ2) is 19.0. The maximum atomic E-state index is 5.24. The zero-order valence-corrected chi connectivity index (χ0v) is 42.5. The SMILES string of the molecule is Cn1ncc2ccc(Nc3nc(-c4ccnc(Cn5ncc6cc(Nc7nc(-c8ccnc(-c9cc(Nc%10nc(-c%11ccncc%11)cc%11ncccc%10%11)c%10cn[nH]c%10c9)c8)cc8ncccc78)ccc65)c4)cc4ncccc34)cc21. The van der Waals surface area contributed by atoms with Gasteiger partial charge in [-0.3, -0.25) is 44.4 Å². The Balaban J connectivity index is 0.705. The maximum absolute atomic E-state index is 5.24. The molecule has 4 N–H and O–H groups in total. The van der Waals surface area contributed by atoms with Gasteiger partial charge in [0.1, 0.15) is 17.5 Å². The highest BCUT2D eigenvalue weighted by Crippen LogP contribution is 2.37. The number of fused-ring (bicyclic) bond motifs is 6. The molecule has 0 saturated carbocycles. The van der Waals surface area contributed by atoms with E-state index < -0.39 is 0 Å². The maximum Gasteiger partial charge on any atom is 0.140 e. The Morgan fingerprint density at radius 2 is 1.05 bits per heavy atom. The van der Waals surface area contributed by atoms with Crippen molar-refractivity contribution in [1.82, 2.24) is 74.6 Å². The van der Waals surface area contributed by atoms with Gasteiger partial charge in [-0.05, 0) is 140 Å². The van der Waals surface area contributed by atoms with Crippen molar-refractivity contribution in [3.8, 4) is 45.0 Å². The van der Waals surface area contributed by atoms with Crippen LogP contribution in [0.25, 0.3) is 110 Å². The Kier molecular flexibility index (Phi) is 10.9. The Bertz CT molecular complexity index is 4890. The lowest BCUT2D eigenvalue weighted by Gasteiger charge is -2.14. The van der Waals surface area contributed by atoms with E-state index in [-0.39, 0.29) is 0 Å². The van der Waals surface area contributed by atoms with E-state index in [1.165, 1.54) is 0 Å². The Hall–Kier alpha value is -11.4. The summed E-state index contributed by atoms with van der Waals surface area (Å²) in [5.74, 6) is 2.03. The average molecular weight is 1040 g/mol. The number of nitrogens with one attached hydrogen (secondary N) is 4. The lowest BCUT2D eigenvalue weighted by molar-refractivity contribution is 0.697. The molecule has 15 rings (SSSR count). The molecular formula is C62H42N18. The Labute approximate surface area is 454 Å². The fraction of sp³-hybridized carbons (Fsp3) is 0.0323. The van der Waals surface area contributed by atoms with Crippen molar-refractivity contribution in [2.75, 3.05) is 16.0 Å². The minimum Gasteiger partial charge on any atom is -0.340 e. The summed E-state index contributed by atoms with van der Waals surface area (Å²) in [6, 6.07) is 46.2. The van der Waals surface area contributed by atoms with Gasteiger partial charge in [0, 0.05) is 116 Å². The first kappa shape index (κ1) is 45.9. The fourth-order valence-corrected chi connectivity index (χ4v) is 10.3. The largest absolute Gasteiger partial charge is 0.340 e. The number of aryl methyl sites for hydroxylation is 1. The molecular weight excluding hydrogens is 997 g/mol. The first-order valence-corrected chi connectivity index (χ1v) is 25.7. The third kappa shape index (κ3) is 8.50. The van der Waals surface area contributed by atoms with E-state index in [9.17, 15) is 0 Å². The first-order valence-electron chi connectivity index (χ1n) is 25.7. The summed E-state index contributed by atoms with van der Waals surface area (Å²) in [5, 5.41) is 33.2. The standard InChI is InChI=1S/C62H42N18/c1-79-59-28-43(9-8-39(59)32-70-79)73-61-46-6-3-16-66-54(46)30-51(75-61)37-14-21-64-44(23-37)35-80-58-11-10-42(24-41(58)33-71-80)72-60-45-5-2-17-67-55(45)31-52(76-60)38-15-22-68-49(25-38)40-26-56(48-34-69-78-57(48)27-40)77-62-47-7-4-18-65-53(47)29-50(74-62)36-12-19-63-20-13-36/h2-34H,35H2,1H3,(H,69,78)(H,72,76)(H,73,75)(H,74,77). The van der Waals surface area contributed by atoms with Crippen LogP contribution in [-0.2, 0) is 13.6 Å². The van der Waals surface area contributed by atoms with Gasteiger partial charge in [-0.15, -0.1) is 0 Å². The van der Waals surface area contributed by atoms with Crippen LogP contribution in [0.1, 0.15) is 5.69 Å². The van der Waals surface area contributed by atoms with Crippen molar-refractivity contribution in [3.63, 3.8) is 0 Å². The molecule has 0 atom stereocenters. The number of hydrogen-bond donors (Lipinski definition) is 4. The monoisotopic (exact) mass is 1040 g/mol. The number of benzene rings is 3. The summed E-state index contributed by atoms with van der Waals surface area (Å²) < 4.78 is 3.82. The van der Waals surface area contributed by atoms with Crippen LogP contribution in [0.5, 0.6) is 0 Å². The summed E-state index contributed by atoms with van der Waals surface area (Å²) in [6.07, 6.45) is 18.1. The highest BCUT2D eigenvalue weighted by atomic mass is 15.3. The molecule has 0 radical (unpaired) electrons. The van der Waals surface area contributed by atoms with Crippen molar-refractivity contribution < 1.29 is 0 Å². The van der Waals surface area contributed by atoms with Gasteiger partial charge in [0.15, 0.2) is 0 Å². The first-order chi connectivity index (χ1) is 39.5. The van der Waals surface area contributed by atoms with Crippen LogP contribution in [0.4, 0.5) is 34.5 Å².